The minimum absolute atomic E-state index is 0.187. The van der Waals surface area contributed by atoms with Gasteiger partial charge in [0.15, 0.2) is 0 Å². The third-order valence-corrected chi connectivity index (χ3v) is 2.96. The zero-order chi connectivity index (χ0) is 13.4. The van der Waals surface area contributed by atoms with Crippen LogP contribution in [0, 0.1) is 0 Å². The maximum Gasteiger partial charge on any atom is 0.231 e. The van der Waals surface area contributed by atoms with Gasteiger partial charge in [0.25, 0.3) is 0 Å². The average molecular weight is 282 g/mol. The summed E-state index contributed by atoms with van der Waals surface area (Å²) >= 11 is 5.81. The summed E-state index contributed by atoms with van der Waals surface area (Å²) in [5.74, 6) is 0.522. The topological polar surface area (TPSA) is 35.5 Å². The van der Waals surface area contributed by atoms with Crippen molar-refractivity contribution in [1.29, 1.82) is 0 Å². The SMILES string of the molecule is C=CCOc1ccccc1C(=O)SC(=S)OCC. The van der Waals surface area contributed by atoms with Gasteiger partial charge in [0, 0.05) is 11.8 Å². The van der Waals surface area contributed by atoms with Gasteiger partial charge in [-0.05, 0) is 31.3 Å². The molecule has 96 valence electrons. The Morgan fingerprint density at radius 3 is 2.89 bits per heavy atom. The number of thioether (sulfide) groups is 1. The minimum Gasteiger partial charge on any atom is -0.489 e. The molecule has 0 atom stereocenters. The summed E-state index contributed by atoms with van der Waals surface area (Å²) in [6.45, 7) is 6.19. The summed E-state index contributed by atoms with van der Waals surface area (Å²) in [6.07, 6.45) is 1.62. The number of benzene rings is 1. The van der Waals surface area contributed by atoms with Crippen LogP contribution in [0.1, 0.15) is 17.3 Å². The first kappa shape index (κ1) is 14.7. The molecule has 0 N–H and O–H groups in total. The molecule has 0 aromatic heterocycles. The molecule has 0 spiro atoms. The number of carbonyl (C=O) groups excluding carboxylic acids is 1. The summed E-state index contributed by atoms with van der Waals surface area (Å²) < 4.78 is 10.7. The lowest BCUT2D eigenvalue weighted by molar-refractivity contribution is 0.108. The molecule has 18 heavy (non-hydrogen) atoms. The fourth-order valence-corrected chi connectivity index (χ4v) is 2.14. The molecule has 0 fully saturated rings. The Morgan fingerprint density at radius 1 is 1.50 bits per heavy atom. The van der Waals surface area contributed by atoms with Crippen molar-refractivity contribution in [3.05, 3.63) is 42.5 Å². The maximum absolute atomic E-state index is 12.0. The van der Waals surface area contributed by atoms with Crippen molar-refractivity contribution >= 4 is 33.5 Å². The first-order valence-electron chi connectivity index (χ1n) is 5.40. The van der Waals surface area contributed by atoms with Crippen LogP contribution in [0.5, 0.6) is 5.75 Å². The van der Waals surface area contributed by atoms with E-state index in [1.807, 2.05) is 6.92 Å². The largest absolute Gasteiger partial charge is 0.489 e. The lowest BCUT2D eigenvalue weighted by Crippen LogP contribution is -2.05. The molecule has 0 saturated carbocycles. The molecule has 0 aliphatic rings. The highest BCUT2D eigenvalue weighted by Gasteiger charge is 2.15. The number of thiocarbonyl (C=S) groups is 1. The predicted molar refractivity (Wildman–Crippen MR) is 78.3 cm³/mol. The summed E-state index contributed by atoms with van der Waals surface area (Å²) in [6, 6.07) is 7.02. The van der Waals surface area contributed by atoms with E-state index < -0.39 is 0 Å². The first-order valence-corrected chi connectivity index (χ1v) is 6.63. The van der Waals surface area contributed by atoms with Crippen molar-refractivity contribution in [1.82, 2.24) is 0 Å². The second-order valence-electron chi connectivity index (χ2n) is 3.17. The van der Waals surface area contributed by atoms with Crippen LogP contribution in [0.2, 0.25) is 0 Å². The highest BCUT2D eigenvalue weighted by molar-refractivity contribution is 8.32. The second-order valence-corrected chi connectivity index (χ2v) is 4.74. The third kappa shape index (κ3) is 4.50. The molecule has 0 bridgehead atoms. The van der Waals surface area contributed by atoms with Crippen LogP contribution < -0.4 is 4.74 Å². The van der Waals surface area contributed by atoms with Gasteiger partial charge in [0.2, 0.25) is 9.50 Å². The van der Waals surface area contributed by atoms with E-state index in [4.69, 9.17) is 21.7 Å². The quantitative estimate of drug-likeness (QED) is 0.610. The number of ether oxygens (including phenoxy) is 2. The number of para-hydroxylation sites is 1. The highest BCUT2D eigenvalue weighted by Crippen LogP contribution is 2.24. The summed E-state index contributed by atoms with van der Waals surface area (Å²) in [4.78, 5) is 12.0. The highest BCUT2D eigenvalue weighted by atomic mass is 32.2. The van der Waals surface area contributed by atoms with E-state index in [0.29, 0.717) is 24.5 Å². The van der Waals surface area contributed by atoms with Crippen LogP contribution in [0.4, 0.5) is 0 Å². The van der Waals surface area contributed by atoms with Crippen molar-refractivity contribution < 1.29 is 14.3 Å². The van der Waals surface area contributed by atoms with Crippen LogP contribution in [0.15, 0.2) is 36.9 Å². The van der Waals surface area contributed by atoms with Gasteiger partial charge in [0.1, 0.15) is 12.4 Å². The minimum atomic E-state index is -0.187. The normalized spacial score (nSPS) is 9.61. The van der Waals surface area contributed by atoms with Crippen LogP contribution in [0.3, 0.4) is 0 Å². The van der Waals surface area contributed by atoms with Gasteiger partial charge in [-0.15, -0.1) is 0 Å². The maximum atomic E-state index is 12.0. The Hall–Kier alpha value is -1.33. The van der Waals surface area contributed by atoms with Crippen molar-refractivity contribution in [3.63, 3.8) is 0 Å². The molecule has 5 heteroatoms. The molecule has 0 aliphatic heterocycles. The molecule has 0 amide bonds. The van der Waals surface area contributed by atoms with Gasteiger partial charge < -0.3 is 9.47 Å². The Bertz CT molecular complexity index is 444. The average Bonchev–Trinajstić information content (AvgIpc) is 2.36. The monoisotopic (exact) mass is 282 g/mol. The Balaban J connectivity index is 2.78. The van der Waals surface area contributed by atoms with Crippen molar-refractivity contribution in [3.8, 4) is 5.75 Å². The van der Waals surface area contributed by atoms with E-state index in [1.54, 1.807) is 30.3 Å². The second kappa shape index (κ2) is 7.89. The van der Waals surface area contributed by atoms with Crippen LogP contribution in [0.25, 0.3) is 0 Å². The van der Waals surface area contributed by atoms with Crippen molar-refractivity contribution in [2.45, 2.75) is 6.92 Å². The lowest BCUT2D eigenvalue weighted by Gasteiger charge is -2.09. The first-order chi connectivity index (χ1) is 8.69. The van der Waals surface area contributed by atoms with Crippen molar-refractivity contribution in [2.24, 2.45) is 0 Å². The predicted octanol–water partition coefficient (Wildman–Crippen LogP) is 3.45. The lowest BCUT2D eigenvalue weighted by atomic mass is 10.2. The molecule has 1 rings (SSSR count). The van der Waals surface area contributed by atoms with Crippen LogP contribution in [-0.2, 0) is 4.74 Å². The Morgan fingerprint density at radius 2 is 2.22 bits per heavy atom. The van der Waals surface area contributed by atoms with Gasteiger partial charge in [-0.1, -0.05) is 24.8 Å². The molecule has 0 saturated heterocycles. The number of rotatable bonds is 5. The van der Waals surface area contributed by atoms with E-state index in [2.05, 4.69) is 6.58 Å². The molecule has 0 heterocycles. The van der Waals surface area contributed by atoms with Gasteiger partial charge in [-0.2, -0.15) is 0 Å². The summed E-state index contributed by atoms with van der Waals surface area (Å²) in [5.41, 5.74) is 0.478. The molecule has 1 aromatic carbocycles. The smallest absolute Gasteiger partial charge is 0.231 e. The summed E-state index contributed by atoms with van der Waals surface area (Å²) in [7, 11) is 0. The van der Waals surface area contributed by atoms with Gasteiger partial charge in [-0.3, -0.25) is 4.79 Å². The van der Waals surface area contributed by atoms with Crippen molar-refractivity contribution in [2.75, 3.05) is 13.2 Å². The molecule has 0 radical (unpaired) electrons. The Labute approximate surface area is 116 Å². The summed E-state index contributed by atoms with van der Waals surface area (Å²) in [5, 5.41) is -0.187. The van der Waals surface area contributed by atoms with Crippen LogP contribution >= 0.6 is 24.0 Å². The third-order valence-electron chi connectivity index (χ3n) is 1.90. The van der Waals surface area contributed by atoms with Gasteiger partial charge in [-0.25, -0.2) is 0 Å². The molecule has 3 nitrogen and oxygen atoms in total. The fraction of sp³-hybridized carbons (Fsp3) is 0.231. The number of hydrogen-bond donors (Lipinski definition) is 0. The van der Waals surface area contributed by atoms with E-state index >= 15 is 0 Å². The fourth-order valence-electron chi connectivity index (χ4n) is 1.19. The van der Waals surface area contributed by atoms with Gasteiger partial charge in [0.05, 0.1) is 12.2 Å². The van der Waals surface area contributed by atoms with Gasteiger partial charge >= 0.3 is 0 Å². The standard InChI is InChI=1S/C13H14O3S2/c1-3-9-16-11-8-6-5-7-10(11)12(14)18-13(17)15-4-2/h3,5-8H,1,4,9H2,2H3. The Kier molecular flexibility index (Phi) is 6.46. The van der Waals surface area contributed by atoms with E-state index in [1.165, 1.54) is 0 Å². The molecular formula is C13H14O3S2. The van der Waals surface area contributed by atoms with Crippen LogP contribution in [-0.4, -0.2) is 22.7 Å². The zero-order valence-corrected chi connectivity index (χ0v) is 11.7. The molecular weight excluding hydrogens is 268 g/mol. The van der Waals surface area contributed by atoms with E-state index in [9.17, 15) is 4.79 Å². The number of hydrogen-bond acceptors (Lipinski definition) is 5. The number of carbonyl (C=O) groups is 1. The molecule has 0 aliphatic carbocycles. The molecule has 0 unspecified atom stereocenters. The van der Waals surface area contributed by atoms with E-state index in [0.717, 1.165) is 11.8 Å². The molecule has 1 aromatic rings. The zero-order valence-electron chi connectivity index (χ0n) is 10.0. The van der Waals surface area contributed by atoms with E-state index in [-0.39, 0.29) is 9.50 Å².